The zero-order chi connectivity index (χ0) is 13.4. The van der Waals surface area contributed by atoms with E-state index in [2.05, 4.69) is 35.6 Å². The van der Waals surface area contributed by atoms with Crippen LogP contribution in [0.2, 0.25) is 19.6 Å². The van der Waals surface area contributed by atoms with E-state index in [0.717, 1.165) is 9.92 Å². The number of hydrogen-bond donors (Lipinski definition) is 0. The molecule has 0 fully saturated rings. The Bertz CT molecular complexity index is 427. The van der Waals surface area contributed by atoms with E-state index in [9.17, 15) is 4.79 Å². The standard InChI is InChI=1S/C12H20BrNO2Si/c1-12(2,3)16-11(15)14-9(13)7-8-10(14)17(4,5)6/h7-8H,1-6H3. The summed E-state index contributed by atoms with van der Waals surface area (Å²) in [7, 11) is -1.56. The van der Waals surface area contributed by atoms with Gasteiger partial charge in [-0.1, -0.05) is 19.6 Å². The molecule has 1 aromatic rings. The monoisotopic (exact) mass is 317 g/mol. The summed E-state index contributed by atoms with van der Waals surface area (Å²) >= 11 is 3.40. The fourth-order valence-corrected chi connectivity index (χ4v) is 3.59. The Morgan fingerprint density at radius 1 is 1.29 bits per heavy atom. The average Bonchev–Trinajstić information content (AvgIpc) is 2.42. The van der Waals surface area contributed by atoms with Gasteiger partial charge in [-0.2, -0.15) is 0 Å². The molecule has 0 radical (unpaired) electrons. The van der Waals surface area contributed by atoms with Crippen molar-refractivity contribution < 1.29 is 9.53 Å². The van der Waals surface area contributed by atoms with Gasteiger partial charge in [0.25, 0.3) is 0 Å². The van der Waals surface area contributed by atoms with E-state index < -0.39 is 13.7 Å². The minimum atomic E-state index is -1.56. The van der Waals surface area contributed by atoms with Crippen LogP contribution in [0.25, 0.3) is 0 Å². The summed E-state index contributed by atoms with van der Waals surface area (Å²) in [6.45, 7) is 12.2. The van der Waals surface area contributed by atoms with Crippen molar-refractivity contribution in [2.24, 2.45) is 0 Å². The predicted molar refractivity (Wildman–Crippen MR) is 76.7 cm³/mol. The van der Waals surface area contributed by atoms with Gasteiger partial charge in [-0.3, -0.25) is 0 Å². The number of ether oxygens (including phenoxy) is 1. The van der Waals surface area contributed by atoms with E-state index in [-0.39, 0.29) is 6.09 Å². The first-order chi connectivity index (χ1) is 7.52. The summed E-state index contributed by atoms with van der Waals surface area (Å²) in [5.41, 5.74) is -0.475. The Kier molecular flexibility index (Phi) is 3.93. The summed E-state index contributed by atoms with van der Waals surface area (Å²) in [6.07, 6.45) is -0.313. The molecular formula is C12H20BrNO2Si. The van der Waals surface area contributed by atoms with Gasteiger partial charge in [0.2, 0.25) is 0 Å². The molecule has 0 aliphatic carbocycles. The smallest absolute Gasteiger partial charge is 0.419 e. The highest BCUT2D eigenvalue weighted by molar-refractivity contribution is 9.10. The first-order valence-corrected chi connectivity index (χ1v) is 9.93. The van der Waals surface area contributed by atoms with Crippen molar-refractivity contribution in [1.29, 1.82) is 0 Å². The van der Waals surface area contributed by atoms with Crippen LogP contribution in [0.15, 0.2) is 16.7 Å². The number of aromatic nitrogens is 1. The molecule has 0 saturated heterocycles. The second-order valence-electron chi connectivity index (χ2n) is 6.11. The maximum Gasteiger partial charge on any atom is 0.419 e. The zero-order valence-electron chi connectivity index (χ0n) is 11.3. The van der Waals surface area contributed by atoms with Crippen LogP contribution in [-0.2, 0) is 4.74 Å². The van der Waals surface area contributed by atoms with Gasteiger partial charge in [0, 0.05) is 5.32 Å². The molecule has 0 aliphatic rings. The lowest BCUT2D eigenvalue weighted by Crippen LogP contribution is -2.46. The molecule has 1 heterocycles. The van der Waals surface area contributed by atoms with Gasteiger partial charge < -0.3 is 4.74 Å². The van der Waals surface area contributed by atoms with Gasteiger partial charge in [-0.25, -0.2) is 9.36 Å². The molecule has 0 aliphatic heterocycles. The third kappa shape index (κ3) is 3.71. The van der Waals surface area contributed by atoms with Crippen LogP contribution in [0.5, 0.6) is 0 Å². The van der Waals surface area contributed by atoms with Crippen LogP contribution in [-0.4, -0.2) is 24.3 Å². The van der Waals surface area contributed by atoms with E-state index in [1.165, 1.54) is 0 Å². The third-order valence-corrected chi connectivity index (χ3v) is 4.72. The molecule has 0 amide bonds. The van der Waals surface area contributed by atoms with Crippen LogP contribution in [0.4, 0.5) is 4.79 Å². The molecule has 0 atom stereocenters. The van der Waals surface area contributed by atoms with Gasteiger partial charge >= 0.3 is 6.09 Å². The van der Waals surface area contributed by atoms with Crippen LogP contribution in [0, 0.1) is 0 Å². The summed E-state index contributed by atoms with van der Waals surface area (Å²) in [5.74, 6) is 0. The molecule has 0 unspecified atom stereocenters. The molecule has 96 valence electrons. The first kappa shape index (κ1) is 14.5. The van der Waals surface area contributed by atoms with E-state index in [1.807, 2.05) is 32.9 Å². The first-order valence-electron chi connectivity index (χ1n) is 5.63. The third-order valence-electron chi connectivity index (χ3n) is 2.18. The Morgan fingerprint density at radius 2 is 1.82 bits per heavy atom. The molecule has 0 bridgehead atoms. The molecule has 3 nitrogen and oxygen atoms in total. The predicted octanol–water partition coefficient (Wildman–Crippen LogP) is 3.58. The molecule has 5 heteroatoms. The Labute approximate surface area is 112 Å². The molecule has 1 aromatic heterocycles. The maximum atomic E-state index is 12.1. The van der Waals surface area contributed by atoms with E-state index >= 15 is 0 Å². The van der Waals surface area contributed by atoms with E-state index in [0.29, 0.717) is 0 Å². The molecule has 0 saturated carbocycles. The lowest BCUT2D eigenvalue weighted by atomic mass is 10.2. The maximum absolute atomic E-state index is 12.1. The molecule has 17 heavy (non-hydrogen) atoms. The van der Waals surface area contributed by atoms with Crippen molar-refractivity contribution in [3.05, 3.63) is 16.7 Å². The fourth-order valence-electron chi connectivity index (χ4n) is 1.49. The van der Waals surface area contributed by atoms with Crippen LogP contribution in [0.3, 0.4) is 0 Å². The van der Waals surface area contributed by atoms with Crippen molar-refractivity contribution in [3.63, 3.8) is 0 Å². The quantitative estimate of drug-likeness (QED) is 0.741. The summed E-state index contributed by atoms with van der Waals surface area (Å²) in [4.78, 5) is 12.1. The van der Waals surface area contributed by atoms with Crippen molar-refractivity contribution in [3.8, 4) is 0 Å². The number of nitrogens with zero attached hydrogens (tertiary/aromatic N) is 1. The lowest BCUT2D eigenvalue weighted by Gasteiger charge is -2.24. The Balaban J connectivity index is 3.14. The number of hydrogen-bond acceptors (Lipinski definition) is 2. The molecule has 1 rings (SSSR count). The number of rotatable bonds is 1. The summed E-state index contributed by atoms with van der Waals surface area (Å²) in [5, 5.41) is 1.07. The van der Waals surface area contributed by atoms with Crippen molar-refractivity contribution in [2.45, 2.75) is 46.0 Å². The Hall–Kier alpha value is -0.553. The van der Waals surface area contributed by atoms with Crippen molar-refractivity contribution >= 4 is 35.4 Å². The van der Waals surface area contributed by atoms with Gasteiger partial charge in [0.15, 0.2) is 0 Å². The van der Waals surface area contributed by atoms with Crippen molar-refractivity contribution in [2.75, 3.05) is 0 Å². The zero-order valence-corrected chi connectivity index (χ0v) is 13.9. The summed E-state index contributed by atoms with van der Waals surface area (Å²) in [6, 6.07) is 3.90. The van der Waals surface area contributed by atoms with Gasteiger partial charge in [0.1, 0.15) is 5.60 Å². The lowest BCUT2D eigenvalue weighted by molar-refractivity contribution is 0.0538. The number of halogens is 1. The second kappa shape index (κ2) is 4.61. The minimum Gasteiger partial charge on any atom is -0.443 e. The fraction of sp³-hybridized carbons (Fsp3) is 0.583. The molecule has 0 aromatic carbocycles. The number of carbonyl (C=O) groups excluding carboxylic acids is 1. The highest BCUT2D eigenvalue weighted by Gasteiger charge is 2.27. The highest BCUT2D eigenvalue weighted by Crippen LogP contribution is 2.16. The Morgan fingerprint density at radius 3 is 2.24 bits per heavy atom. The SMILES string of the molecule is CC(C)(C)OC(=O)n1c(Br)ccc1[Si](C)(C)C. The van der Waals surface area contributed by atoms with Gasteiger partial charge in [-0.15, -0.1) is 0 Å². The van der Waals surface area contributed by atoms with Gasteiger partial charge in [-0.05, 0) is 48.8 Å². The minimum absolute atomic E-state index is 0.313. The molecular weight excluding hydrogens is 298 g/mol. The van der Waals surface area contributed by atoms with Crippen molar-refractivity contribution in [1.82, 2.24) is 4.57 Å². The second-order valence-corrected chi connectivity index (χ2v) is 11.9. The highest BCUT2D eigenvalue weighted by atomic mass is 79.9. The molecule has 0 N–H and O–H groups in total. The average molecular weight is 318 g/mol. The van der Waals surface area contributed by atoms with Crippen LogP contribution in [0.1, 0.15) is 20.8 Å². The molecule has 0 spiro atoms. The normalized spacial score (nSPS) is 12.6. The van der Waals surface area contributed by atoms with Crippen LogP contribution < -0.4 is 5.32 Å². The van der Waals surface area contributed by atoms with Crippen LogP contribution >= 0.6 is 15.9 Å². The van der Waals surface area contributed by atoms with Gasteiger partial charge in [0.05, 0.1) is 12.7 Å². The largest absolute Gasteiger partial charge is 0.443 e. The summed E-state index contributed by atoms with van der Waals surface area (Å²) < 4.78 is 7.81. The topological polar surface area (TPSA) is 31.2 Å². The van der Waals surface area contributed by atoms with E-state index in [1.54, 1.807) is 4.57 Å². The number of carbonyl (C=O) groups is 1. The van der Waals surface area contributed by atoms with E-state index in [4.69, 9.17) is 4.74 Å².